The molecule has 0 aliphatic carbocycles. The second-order valence-electron chi connectivity index (χ2n) is 9.54. The Morgan fingerprint density at radius 1 is 0.667 bits per heavy atom. The first-order chi connectivity index (χ1) is 21.0. The Morgan fingerprint density at radius 3 is 1.33 bits per heavy atom. The van der Waals surface area contributed by atoms with Gasteiger partial charge in [0.25, 0.3) is 0 Å². The van der Waals surface area contributed by atoms with Gasteiger partial charge in [0.15, 0.2) is 23.1 Å². The van der Waals surface area contributed by atoms with Crippen LogP contribution < -0.4 is 4.74 Å². The van der Waals surface area contributed by atoms with Gasteiger partial charge in [-0.2, -0.15) is 26.3 Å². The van der Waals surface area contributed by atoms with Crippen LogP contribution in [0.4, 0.5) is 35.1 Å². The van der Waals surface area contributed by atoms with Crippen LogP contribution >= 0.6 is 46.7 Å². The number of rotatable bonds is 18. The van der Waals surface area contributed by atoms with Crippen LogP contribution in [0, 0.1) is 11.6 Å². The van der Waals surface area contributed by atoms with Crippen molar-refractivity contribution >= 4 is 68.3 Å². The van der Waals surface area contributed by atoms with Crippen LogP contribution in [0.25, 0.3) is 0 Å². The number of benzene rings is 2. The third-order valence-electron chi connectivity index (χ3n) is 6.36. The van der Waals surface area contributed by atoms with E-state index in [4.69, 9.17) is 27.9 Å². The van der Waals surface area contributed by atoms with Crippen molar-refractivity contribution in [3.8, 4) is 11.5 Å². The summed E-state index contributed by atoms with van der Waals surface area (Å²) in [5.41, 5.74) is -8.87. The zero-order valence-electron chi connectivity index (χ0n) is 24.3. The van der Waals surface area contributed by atoms with Crippen LogP contribution in [-0.4, -0.2) is 42.4 Å². The predicted molar refractivity (Wildman–Crippen MR) is 169 cm³/mol. The summed E-state index contributed by atoms with van der Waals surface area (Å²) in [6.45, 7) is 3.21. The Kier molecular flexibility index (Phi) is 16.8. The fraction of sp³-hybridized carbons (Fsp3) is 0.571. The first kappa shape index (κ1) is 40.4. The Morgan fingerprint density at radius 2 is 1.02 bits per heavy atom. The summed E-state index contributed by atoms with van der Waals surface area (Å²) in [5.74, 6) is -3.08. The van der Waals surface area contributed by atoms with Crippen LogP contribution in [0.1, 0.15) is 63.5 Å². The molecule has 0 heterocycles. The van der Waals surface area contributed by atoms with Gasteiger partial charge in [0, 0.05) is 46.3 Å². The number of hydrogen-bond acceptors (Lipinski definition) is 5. The summed E-state index contributed by atoms with van der Waals surface area (Å²) in [4.78, 5) is 0.0590. The average Bonchev–Trinajstić information content (AvgIpc) is 2.96. The van der Waals surface area contributed by atoms with Gasteiger partial charge in [-0.15, -0.1) is 0 Å². The largest absolute Gasteiger partial charge is 0.451 e. The van der Waals surface area contributed by atoms with Crippen LogP contribution in [0.3, 0.4) is 0 Å². The molecule has 2 rings (SSSR count). The summed E-state index contributed by atoms with van der Waals surface area (Å²) in [6, 6.07) is 2.17. The maximum atomic E-state index is 15.8. The summed E-state index contributed by atoms with van der Waals surface area (Å²) in [7, 11) is -3.38. The van der Waals surface area contributed by atoms with Crippen molar-refractivity contribution in [1.29, 1.82) is 0 Å². The molecular formula is C28H32Cl2F8O3S4. The van der Waals surface area contributed by atoms with Crippen LogP contribution in [-0.2, 0) is 34.4 Å². The van der Waals surface area contributed by atoms with E-state index in [9.17, 15) is 34.8 Å². The van der Waals surface area contributed by atoms with E-state index >= 15 is 8.78 Å². The second-order valence-corrected chi connectivity index (χ2v) is 16.0. The Balaban J connectivity index is 2.39. The lowest BCUT2D eigenvalue weighted by Gasteiger charge is -2.18. The number of alkyl halides is 6. The van der Waals surface area contributed by atoms with Crippen LogP contribution in [0.15, 0.2) is 21.9 Å². The molecule has 0 N–H and O–H groups in total. The minimum Gasteiger partial charge on any atom is -0.451 e. The maximum Gasteiger partial charge on any atom is 0.441 e. The van der Waals surface area contributed by atoms with Crippen molar-refractivity contribution in [3.63, 3.8) is 0 Å². The SMILES string of the molecule is CCS(=O)c1cc(Oc2cc(S(=O)CC)c(Cl)c(CCCCCSC(F)(F)F)c2F)c(F)c(CCCCCSC(F)(F)F)c1Cl. The molecule has 2 atom stereocenters. The lowest BCUT2D eigenvalue weighted by molar-refractivity contribution is -0.0336. The Hall–Kier alpha value is -0.740. The highest BCUT2D eigenvalue weighted by atomic mass is 35.5. The standard InChI is InChI=1S/C28H32Cl2F8O3S4/c1-3-44(39)21-15-19(25(31)17(23(21)29)11-7-5-9-13-42-27(33,34)35)41-20-16-22(45(40)4-2)24(30)18(26(20)32)12-8-6-10-14-43-28(36,37)38/h15-16H,3-14H2,1-2H3. The number of unbranched alkanes of at least 4 members (excludes halogenated alkanes) is 4. The summed E-state index contributed by atoms with van der Waals surface area (Å²) in [6.07, 6.45) is 1.57. The lowest BCUT2D eigenvalue weighted by atomic mass is 10.1. The van der Waals surface area contributed by atoms with Gasteiger partial charge in [0.05, 0.1) is 41.4 Å². The number of hydrogen-bond donors (Lipinski definition) is 0. The van der Waals surface area contributed by atoms with Crippen molar-refractivity contribution in [1.82, 2.24) is 0 Å². The van der Waals surface area contributed by atoms with Crippen molar-refractivity contribution < 1.29 is 48.3 Å². The lowest BCUT2D eigenvalue weighted by Crippen LogP contribution is -2.06. The fourth-order valence-corrected chi connectivity index (χ4v) is 8.05. The number of ether oxygens (including phenoxy) is 1. The molecule has 0 aliphatic rings. The molecule has 2 aromatic carbocycles. The average molecular weight is 768 g/mol. The number of thioether (sulfide) groups is 2. The van der Waals surface area contributed by atoms with Crippen molar-refractivity contribution in [3.05, 3.63) is 44.9 Å². The monoisotopic (exact) mass is 766 g/mol. The highest BCUT2D eigenvalue weighted by molar-refractivity contribution is 8.00. The normalized spacial score (nSPS) is 13.7. The van der Waals surface area contributed by atoms with E-state index in [0.717, 1.165) is 12.1 Å². The second kappa shape index (κ2) is 18.7. The molecule has 0 aromatic heterocycles. The zero-order chi connectivity index (χ0) is 33.9. The predicted octanol–water partition coefficient (Wildman–Crippen LogP) is 11.3. The summed E-state index contributed by atoms with van der Waals surface area (Å²) in [5, 5.41) is -0.253. The summed E-state index contributed by atoms with van der Waals surface area (Å²) < 4.78 is 137. The van der Waals surface area contributed by atoms with Gasteiger partial charge >= 0.3 is 11.0 Å². The van der Waals surface area contributed by atoms with E-state index in [2.05, 4.69) is 0 Å². The topological polar surface area (TPSA) is 43.4 Å². The van der Waals surface area contributed by atoms with Crippen molar-refractivity contribution in [2.45, 2.75) is 86.0 Å². The van der Waals surface area contributed by atoms with Gasteiger partial charge in [-0.1, -0.05) is 73.4 Å². The molecular weight excluding hydrogens is 735 g/mol. The molecule has 0 saturated carbocycles. The molecule has 0 bridgehead atoms. The van der Waals surface area contributed by atoms with Gasteiger partial charge in [-0.25, -0.2) is 8.78 Å². The first-order valence-corrected chi connectivity index (χ1v) is 19.2. The van der Waals surface area contributed by atoms with E-state index in [-0.39, 0.29) is 116 Å². The molecule has 0 amide bonds. The number of halogens is 10. The van der Waals surface area contributed by atoms with E-state index in [0.29, 0.717) is 12.8 Å². The van der Waals surface area contributed by atoms with Gasteiger partial charge < -0.3 is 4.74 Å². The van der Waals surface area contributed by atoms with E-state index in [1.54, 1.807) is 13.8 Å². The molecule has 17 heteroatoms. The van der Waals surface area contributed by atoms with Gasteiger partial charge in [-0.05, 0) is 38.5 Å². The van der Waals surface area contributed by atoms with E-state index in [1.807, 2.05) is 0 Å². The van der Waals surface area contributed by atoms with E-state index in [1.165, 1.54) is 0 Å². The molecule has 0 radical (unpaired) electrons. The molecule has 3 nitrogen and oxygen atoms in total. The van der Waals surface area contributed by atoms with Crippen LogP contribution in [0.5, 0.6) is 11.5 Å². The van der Waals surface area contributed by atoms with Gasteiger partial charge in [0.2, 0.25) is 0 Å². The van der Waals surface area contributed by atoms with Gasteiger partial charge in [0.1, 0.15) is 0 Å². The Labute approximate surface area is 280 Å². The molecule has 256 valence electrons. The molecule has 2 unspecified atom stereocenters. The molecule has 2 aromatic rings. The maximum absolute atomic E-state index is 15.8. The minimum atomic E-state index is -4.35. The smallest absolute Gasteiger partial charge is 0.441 e. The molecule has 0 spiro atoms. The highest BCUT2D eigenvalue weighted by Crippen LogP contribution is 2.41. The van der Waals surface area contributed by atoms with Crippen LogP contribution in [0.2, 0.25) is 10.0 Å². The highest BCUT2D eigenvalue weighted by Gasteiger charge is 2.29. The molecule has 0 saturated heterocycles. The van der Waals surface area contributed by atoms with Gasteiger partial charge in [-0.3, -0.25) is 8.42 Å². The molecule has 0 fully saturated rings. The third kappa shape index (κ3) is 13.0. The van der Waals surface area contributed by atoms with Crippen molar-refractivity contribution in [2.24, 2.45) is 0 Å². The zero-order valence-corrected chi connectivity index (χ0v) is 29.1. The third-order valence-corrected chi connectivity index (χ3v) is 11.8. The minimum absolute atomic E-state index is 0.0153. The summed E-state index contributed by atoms with van der Waals surface area (Å²) >= 11 is 12.5. The molecule has 45 heavy (non-hydrogen) atoms. The quantitative estimate of drug-likeness (QED) is 0.112. The van der Waals surface area contributed by atoms with Crippen molar-refractivity contribution in [2.75, 3.05) is 23.0 Å². The first-order valence-electron chi connectivity index (χ1n) is 13.9. The Bertz CT molecular complexity index is 1240. The van der Waals surface area contributed by atoms with E-state index < -0.39 is 55.7 Å². The molecule has 0 aliphatic heterocycles. The fourth-order valence-electron chi connectivity index (χ4n) is 4.16.